The van der Waals surface area contributed by atoms with E-state index in [4.69, 9.17) is 11.5 Å². The Hall–Kier alpha value is -0.650. The van der Waals surface area contributed by atoms with Crippen LogP contribution < -0.4 is 11.5 Å². The summed E-state index contributed by atoms with van der Waals surface area (Å²) in [6.07, 6.45) is 7.23. The first kappa shape index (κ1) is 16.7. The summed E-state index contributed by atoms with van der Waals surface area (Å²) in [5.41, 5.74) is 10.5. The summed E-state index contributed by atoms with van der Waals surface area (Å²) < 4.78 is 0. The van der Waals surface area contributed by atoms with Gasteiger partial charge in [-0.15, -0.1) is 0 Å². The fourth-order valence-corrected chi connectivity index (χ4v) is 3.82. The molecule has 2 heterocycles. The molecule has 2 rings (SSSR count). The summed E-state index contributed by atoms with van der Waals surface area (Å²) in [6.45, 7) is 8.68. The Balaban J connectivity index is 1.79. The highest BCUT2D eigenvalue weighted by Gasteiger charge is 2.32. The van der Waals surface area contributed by atoms with Crippen LogP contribution in [0.2, 0.25) is 0 Å². The molecule has 1 amide bonds. The lowest BCUT2D eigenvalue weighted by Crippen LogP contribution is -2.55. The number of primary amides is 1. The molecule has 5 heteroatoms. The Kier molecular flexibility index (Phi) is 5.63. The Morgan fingerprint density at radius 3 is 2.29 bits per heavy atom. The van der Waals surface area contributed by atoms with E-state index in [0.717, 1.165) is 19.1 Å². The van der Waals surface area contributed by atoms with Gasteiger partial charge in [0.15, 0.2) is 0 Å². The quantitative estimate of drug-likeness (QED) is 0.791. The number of rotatable bonds is 5. The largest absolute Gasteiger partial charge is 0.368 e. The molecule has 0 aromatic heterocycles. The minimum absolute atomic E-state index is 0.315. The predicted octanol–water partition coefficient (Wildman–Crippen LogP) is 0.918. The van der Waals surface area contributed by atoms with E-state index in [1.54, 1.807) is 6.92 Å². The highest BCUT2D eigenvalue weighted by atomic mass is 16.1. The van der Waals surface area contributed by atoms with Crippen LogP contribution >= 0.6 is 0 Å². The molecule has 2 aliphatic heterocycles. The van der Waals surface area contributed by atoms with Crippen LogP contribution in [0, 0.1) is 0 Å². The van der Waals surface area contributed by atoms with Gasteiger partial charge in [0.05, 0.1) is 5.54 Å². The number of amides is 1. The normalized spacial score (nSPS) is 27.2. The maximum absolute atomic E-state index is 11.4. The first-order valence-electron chi connectivity index (χ1n) is 8.47. The lowest BCUT2D eigenvalue weighted by atomic mass is 9.91. The van der Waals surface area contributed by atoms with Gasteiger partial charge < -0.3 is 21.3 Å². The van der Waals surface area contributed by atoms with Gasteiger partial charge in [-0.25, -0.2) is 0 Å². The lowest BCUT2D eigenvalue weighted by molar-refractivity contribution is -0.123. The van der Waals surface area contributed by atoms with Crippen molar-refractivity contribution in [1.29, 1.82) is 0 Å². The summed E-state index contributed by atoms with van der Waals surface area (Å²) >= 11 is 0. The fourth-order valence-electron chi connectivity index (χ4n) is 3.82. The minimum atomic E-state index is -0.900. The number of likely N-dealkylation sites (tertiary alicyclic amines) is 2. The van der Waals surface area contributed by atoms with Gasteiger partial charge in [-0.3, -0.25) is 4.79 Å². The van der Waals surface area contributed by atoms with Crippen LogP contribution in [-0.2, 0) is 4.79 Å². The van der Waals surface area contributed by atoms with Crippen LogP contribution in [-0.4, -0.2) is 59.5 Å². The van der Waals surface area contributed by atoms with Crippen molar-refractivity contribution in [1.82, 2.24) is 9.80 Å². The summed E-state index contributed by atoms with van der Waals surface area (Å²) in [7, 11) is 0. The zero-order valence-electron chi connectivity index (χ0n) is 13.7. The van der Waals surface area contributed by atoms with Crippen molar-refractivity contribution in [2.24, 2.45) is 11.5 Å². The summed E-state index contributed by atoms with van der Waals surface area (Å²) in [6, 6.07) is 1.07. The topological polar surface area (TPSA) is 75.6 Å². The van der Waals surface area contributed by atoms with Crippen molar-refractivity contribution in [2.45, 2.75) is 70.0 Å². The molecule has 0 radical (unpaired) electrons. The van der Waals surface area contributed by atoms with E-state index in [9.17, 15) is 4.79 Å². The molecule has 0 aromatic rings. The second kappa shape index (κ2) is 7.07. The van der Waals surface area contributed by atoms with Crippen molar-refractivity contribution < 1.29 is 4.79 Å². The van der Waals surface area contributed by atoms with Gasteiger partial charge in [-0.2, -0.15) is 0 Å². The molecule has 2 aliphatic rings. The average Bonchev–Trinajstić information content (AvgIpc) is 2.48. The van der Waals surface area contributed by atoms with Crippen molar-refractivity contribution in [3.63, 3.8) is 0 Å². The highest BCUT2D eigenvalue weighted by molar-refractivity contribution is 5.83. The van der Waals surface area contributed by atoms with Crippen molar-refractivity contribution in [2.75, 3.05) is 26.2 Å². The number of hydrogen-bond acceptors (Lipinski definition) is 4. The number of carbonyl (C=O) groups is 1. The van der Waals surface area contributed by atoms with Crippen molar-refractivity contribution in [3.05, 3.63) is 0 Å². The van der Waals surface area contributed by atoms with Gasteiger partial charge in [-0.1, -0.05) is 6.42 Å². The molecular formula is C16H32N4O. The summed E-state index contributed by atoms with van der Waals surface area (Å²) in [5.74, 6) is -0.405. The van der Waals surface area contributed by atoms with E-state index < -0.39 is 11.4 Å². The SMILES string of the molecule is CC(CC(C)(N)C(N)=O)N1CCC(N2CCCCC2)CC1. The molecule has 2 fully saturated rings. The molecule has 21 heavy (non-hydrogen) atoms. The van der Waals surface area contributed by atoms with E-state index >= 15 is 0 Å². The monoisotopic (exact) mass is 296 g/mol. The molecule has 5 nitrogen and oxygen atoms in total. The Bertz CT molecular complexity index is 344. The molecule has 0 bridgehead atoms. The molecule has 2 unspecified atom stereocenters. The molecule has 0 spiro atoms. The zero-order chi connectivity index (χ0) is 15.5. The number of nitrogens with two attached hydrogens (primary N) is 2. The predicted molar refractivity (Wildman–Crippen MR) is 85.9 cm³/mol. The third-order valence-corrected chi connectivity index (χ3v) is 5.31. The smallest absolute Gasteiger partial charge is 0.237 e. The second-order valence-electron chi connectivity index (χ2n) is 7.20. The van der Waals surface area contributed by atoms with E-state index in [1.807, 2.05) is 0 Å². The standard InChI is InChI=1S/C16H32N4O/c1-13(12-16(2,18)15(17)21)19-10-6-14(7-11-19)20-8-4-3-5-9-20/h13-14H,3-12,18H2,1-2H3,(H2,17,21). The first-order valence-corrected chi connectivity index (χ1v) is 8.47. The molecule has 4 N–H and O–H groups in total. The number of hydrogen-bond donors (Lipinski definition) is 2. The summed E-state index contributed by atoms with van der Waals surface area (Å²) in [4.78, 5) is 16.5. The van der Waals surface area contributed by atoms with Crippen LogP contribution in [0.3, 0.4) is 0 Å². The van der Waals surface area contributed by atoms with Gasteiger partial charge in [0.1, 0.15) is 0 Å². The van der Waals surface area contributed by atoms with Gasteiger partial charge in [0.2, 0.25) is 5.91 Å². The van der Waals surface area contributed by atoms with E-state index in [2.05, 4.69) is 16.7 Å². The van der Waals surface area contributed by atoms with Crippen LogP contribution in [0.25, 0.3) is 0 Å². The maximum Gasteiger partial charge on any atom is 0.237 e. The Morgan fingerprint density at radius 2 is 1.76 bits per heavy atom. The van der Waals surface area contributed by atoms with Gasteiger partial charge in [0.25, 0.3) is 0 Å². The van der Waals surface area contributed by atoms with Crippen LogP contribution in [0.4, 0.5) is 0 Å². The van der Waals surface area contributed by atoms with Gasteiger partial charge in [0, 0.05) is 12.1 Å². The molecule has 0 saturated carbocycles. The van der Waals surface area contributed by atoms with Crippen LogP contribution in [0.5, 0.6) is 0 Å². The van der Waals surface area contributed by atoms with Gasteiger partial charge in [-0.05, 0) is 72.1 Å². The van der Waals surface area contributed by atoms with Gasteiger partial charge >= 0.3 is 0 Å². The number of nitrogens with zero attached hydrogens (tertiary/aromatic N) is 2. The number of piperidine rings is 2. The molecule has 0 aromatic carbocycles. The molecule has 0 aliphatic carbocycles. The molecule has 122 valence electrons. The average molecular weight is 296 g/mol. The first-order chi connectivity index (χ1) is 9.90. The third-order valence-electron chi connectivity index (χ3n) is 5.31. The van der Waals surface area contributed by atoms with E-state index in [-0.39, 0.29) is 0 Å². The second-order valence-corrected chi connectivity index (χ2v) is 7.20. The van der Waals surface area contributed by atoms with Crippen LogP contribution in [0.15, 0.2) is 0 Å². The fraction of sp³-hybridized carbons (Fsp3) is 0.938. The highest BCUT2D eigenvalue weighted by Crippen LogP contribution is 2.23. The molecular weight excluding hydrogens is 264 g/mol. The van der Waals surface area contributed by atoms with Crippen molar-refractivity contribution in [3.8, 4) is 0 Å². The summed E-state index contributed by atoms with van der Waals surface area (Å²) in [5, 5.41) is 0. The maximum atomic E-state index is 11.4. The Morgan fingerprint density at radius 1 is 1.19 bits per heavy atom. The van der Waals surface area contributed by atoms with Crippen LogP contribution in [0.1, 0.15) is 52.4 Å². The van der Waals surface area contributed by atoms with E-state index in [0.29, 0.717) is 12.5 Å². The minimum Gasteiger partial charge on any atom is -0.368 e. The number of carbonyl (C=O) groups excluding carboxylic acids is 1. The Labute approximate surface area is 129 Å². The third kappa shape index (κ3) is 4.41. The molecule has 2 atom stereocenters. The van der Waals surface area contributed by atoms with E-state index in [1.165, 1.54) is 45.2 Å². The lowest BCUT2D eigenvalue weighted by Gasteiger charge is -2.43. The zero-order valence-corrected chi connectivity index (χ0v) is 13.7. The van der Waals surface area contributed by atoms with Crippen molar-refractivity contribution >= 4 is 5.91 Å². The molecule has 2 saturated heterocycles.